The molecule has 1 heterocycles. The lowest BCUT2D eigenvalue weighted by Gasteiger charge is -2.38. The van der Waals surface area contributed by atoms with Gasteiger partial charge in [-0.2, -0.15) is 0 Å². The molecule has 132 valence electrons. The highest BCUT2D eigenvalue weighted by Gasteiger charge is 2.32. The molecule has 1 unspecified atom stereocenters. The third-order valence-corrected chi connectivity index (χ3v) is 4.64. The van der Waals surface area contributed by atoms with E-state index in [1.807, 2.05) is 35.2 Å². The molecule has 2 aromatic rings. The molecule has 0 radical (unpaired) electrons. The molecule has 25 heavy (non-hydrogen) atoms. The van der Waals surface area contributed by atoms with Crippen molar-refractivity contribution in [1.29, 1.82) is 0 Å². The summed E-state index contributed by atoms with van der Waals surface area (Å²) < 4.78 is 10.9. The number of carbonyl (C=O) groups excluding carboxylic acids is 1. The lowest BCUT2D eigenvalue weighted by atomic mass is 9.87. The number of likely N-dealkylation sites (N-methyl/N-ethyl adjacent to an activating group) is 1. The fourth-order valence-electron chi connectivity index (χ4n) is 3.46. The van der Waals surface area contributed by atoms with E-state index >= 15 is 0 Å². The summed E-state index contributed by atoms with van der Waals surface area (Å²) in [7, 11) is 5.07. The van der Waals surface area contributed by atoms with Crippen LogP contribution in [-0.4, -0.2) is 45.2 Å². The van der Waals surface area contributed by atoms with Crippen molar-refractivity contribution < 1.29 is 14.3 Å². The highest BCUT2D eigenvalue weighted by atomic mass is 16.5. The van der Waals surface area contributed by atoms with Gasteiger partial charge < -0.3 is 19.7 Å². The Morgan fingerprint density at radius 1 is 1.16 bits per heavy atom. The Morgan fingerprint density at radius 3 is 2.48 bits per heavy atom. The Hall–Kier alpha value is -2.53. The lowest BCUT2D eigenvalue weighted by molar-refractivity contribution is -0.132. The van der Waals surface area contributed by atoms with Gasteiger partial charge in [-0.3, -0.25) is 4.79 Å². The Bertz CT molecular complexity index is 746. The van der Waals surface area contributed by atoms with Crippen molar-refractivity contribution >= 4 is 5.91 Å². The van der Waals surface area contributed by atoms with Gasteiger partial charge in [0.2, 0.25) is 5.91 Å². The zero-order valence-electron chi connectivity index (χ0n) is 14.9. The van der Waals surface area contributed by atoms with E-state index in [1.165, 1.54) is 5.56 Å². The van der Waals surface area contributed by atoms with E-state index in [9.17, 15) is 4.79 Å². The minimum atomic E-state index is -0.120. The molecule has 0 spiro atoms. The third-order valence-electron chi connectivity index (χ3n) is 4.64. The van der Waals surface area contributed by atoms with Gasteiger partial charge in [0, 0.05) is 6.54 Å². The molecule has 2 aromatic carbocycles. The van der Waals surface area contributed by atoms with Crippen LogP contribution in [0, 0.1) is 0 Å². The first kappa shape index (κ1) is 17.3. The minimum Gasteiger partial charge on any atom is -0.493 e. The summed E-state index contributed by atoms with van der Waals surface area (Å²) in [5.74, 6) is 1.50. The fourth-order valence-corrected chi connectivity index (χ4v) is 3.46. The molecule has 5 heteroatoms. The van der Waals surface area contributed by atoms with Gasteiger partial charge in [0.15, 0.2) is 11.5 Å². The highest BCUT2D eigenvalue weighted by Crippen LogP contribution is 2.40. The molecule has 1 aliphatic heterocycles. The maximum atomic E-state index is 12.7. The molecule has 0 aromatic heterocycles. The maximum absolute atomic E-state index is 12.7. The van der Waals surface area contributed by atoms with Crippen LogP contribution < -0.4 is 14.8 Å². The number of methoxy groups -OCH3 is 2. The maximum Gasteiger partial charge on any atom is 0.237 e. The number of amides is 1. The Labute approximate surface area is 148 Å². The van der Waals surface area contributed by atoms with Crippen molar-refractivity contribution in [2.45, 2.75) is 12.5 Å². The molecule has 0 bridgehead atoms. The van der Waals surface area contributed by atoms with Gasteiger partial charge >= 0.3 is 0 Å². The molecule has 1 atom stereocenters. The Kier molecular flexibility index (Phi) is 5.24. The molecule has 0 fully saturated rings. The van der Waals surface area contributed by atoms with Crippen molar-refractivity contribution in [3.8, 4) is 11.5 Å². The van der Waals surface area contributed by atoms with Crippen molar-refractivity contribution in [2.75, 3.05) is 34.4 Å². The summed E-state index contributed by atoms with van der Waals surface area (Å²) in [6.07, 6.45) is 0.800. The van der Waals surface area contributed by atoms with E-state index in [-0.39, 0.29) is 11.9 Å². The molecule has 1 amide bonds. The van der Waals surface area contributed by atoms with E-state index in [2.05, 4.69) is 17.4 Å². The van der Waals surface area contributed by atoms with Gasteiger partial charge in [-0.1, -0.05) is 30.3 Å². The van der Waals surface area contributed by atoms with Crippen molar-refractivity contribution in [1.82, 2.24) is 10.2 Å². The second kappa shape index (κ2) is 7.57. The summed E-state index contributed by atoms with van der Waals surface area (Å²) in [6, 6.07) is 14.0. The Balaban J connectivity index is 2.12. The molecular formula is C20H24N2O3. The van der Waals surface area contributed by atoms with Crippen molar-refractivity contribution in [2.24, 2.45) is 0 Å². The topological polar surface area (TPSA) is 50.8 Å². The van der Waals surface area contributed by atoms with Crippen LogP contribution in [0.3, 0.4) is 0 Å². The number of hydrogen-bond acceptors (Lipinski definition) is 4. The first-order valence-corrected chi connectivity index (χ1v) is 8.43. The molecule has 0 aliphatic carbocycles. The number of nitrogens with one attached hydrogen (secondary N) is 1. The van der Waals surface area contributed by atoms with Crippen LogP contribution in [0.1, 0.15) is 22.7 Å². The lowest BCUT2D eigenvalue weighted by Crippen LogP contribution is -2.44. The van der Waals surface area contributed by atoms with Crippen LogP contribution in [0.4, 0.5) is 0 Å². The van der Waals surface area contributed by atoms with E-state index in [4.69, 9.17) is 9.47 Å². The number of benzene rings is 2. The van der Waals surface area contributed by atoms with Crippen LogP contribution in [0.2, 0.25) is 0 Å². The first-order chi connectivity index (χ1) is 12.2. The second-order valence-electron chi connectivity index (χ2n) is 6.09. The van der Waals surface area contributed by atoms with Crippen LogP contribution in [-0.2, 0) is 11.2 Å². The molecule has 0 saturated carbocycles. The van der Waals surface area contributed by atoms with Crippen LogP contribution in [0.15, 0.2) is 42.5 Å². The van der Waals surface area contributed by atoms with Gasteiger partial charge in [0.25, 0.3) is 0 Å². The first-order valence-electron chi connectivity index (χ1n) is 8.43. The number of rotatable bonds is 5. The van der Waals surface area contributed by atoms with Crippen LogP contribution >= 0.6 is 0 Å². The number of hydrogen-bond donors (Lipinski definition) is 1. The standard InChI is InChI=1S/C20H24N2O3/c1-21-13-19(23)22-10-9-15-11-17(24-2)18(25-3)12-16(15)20(22)14-7-5-4-6-8-14/h4-8,11-12,20-21H,9-10,13H2,1-3H3. The van der Waals surface area contributed by atoms with Crippen LogP contribution in [0.5, 0.6) is 11.5 Å². The zero-order valence-corrected chi connectivity index (χ0v) is 14.9. The molecule has 5 nitrogen and oxygen atoms in total. The average molecular weight is 340 g/mol. The molecule has 1 N–H and O–H groups in total. The summed E-state index contributed by atoms with van der Waals surface area (Å²) in [6.45, 7) is 1.01. The normalized spacial score (nSPS) is 16.3. The average Bonchev–Trinajstić information content (AvgIpc) is 2.66. The third kappa shape index (κ3) is 3.33. The monoisotopic (exact) mass is 340 g/mol. The summed E-state index contributed by atoms with van der Waals surface area (Å²) >= 11 is 0. The van der Waals surface area contributed by atoms with E-state index in [0.29, 0.717) is 18.8 Å². The highest BCUT2D eigenvalue weighted by molar-refractivity contribution is 5.80. The zero-order chi connectivity index (χ0) is 17.8. The van der Waals surface area contributed by atoms with Gasteiger partial charge in [-0.15, -0.1) is 0 Å². The quantitative estimate of drug-likeness (QED) is 0.908. The largest absolute Gasteiger partial charge is 0.493 e. The second-order valence-corrected chi connectivity index (χ2v) is 6.09. The minimum absolute atomic E-state index is 0.0942. The Morgan fingerprint density at radius 2 is 1.84 bits per heavy atom. The summed E-state index contributed by atoms with van der Waals surface area (Å²) in [5, 5.41) is 2.97. The summed E-state index contributed by atoms with van der Waals surface area (Å²) in [4.78, 5) is 14.6. The number of carbonyl (C=O) groups is 1. The van der Waals surface area contributed by atoms with Crippen molar-refractivity contribution in [3.63, 3.8) is 0 Å². The predicted molar refractivity (Wildman–Crippen MR) is 97.2 cm³/mol. The van der Waals surface area contributed by atoms with E-state index in [1.54, 1.807) is 21.3 Å². The predicted octanol–water partition coefficient (Wildman–Crippen LogP) is 2.40. The van der Waals surface area contributed by atoms with E-state index < -0.39 is 0 Å². The van der Waals surface area contributed by atoms with Gasteiger partial charge in [-0.05, 0) is 42.3 Å². The smallest absolute Gasteiger partial charge is 0.237 e. The summed E-state index contributed by atoms with van der Waals surface area (Å²) in [5.41, 5.74) is 3.39. The van der Waals surface area contributed by atoms with E-state index in [0.717, 1.165) is 23.3 Å². The SMILES string of the molecule is CNCC(=O)N1CCc2cc(OC)c(OC)cc2C1c1ccccc1. The number of ether oxygens (including phenoxy) is 2. The number of fused-ring (bicyclic) bond motifs is 1. The molecular weight excluding hydrogens is 316 g/mol. The van der Waals surface area contributed by atoms with Gasteiger partial charge in [-0.25, -0.2) is 0 Å². The van der Waals surface area contributed by atoms with Crippen LogP contribution in [0.25, 0.3) is 0 Å². The molecule has 1 aliphatic rings. The molecule has 0 saturated heterocycles. The number of nitrogens with zero attached hydrogens (tertiary/aromatic N) is 1. The van der Waals surface area contributed by atoms with Crippen molar-refractivity contribution in [3.05, 3.63) is 59.2 Å². The molecule has 3 rings (SSSR count). The van der Waals surface area contributed by atoms with Gasteiger partial charge in [0.1, 0.15) is 0 Å². The fraction of sp³-hybridized carbons (Fsp3) is 0.350. The van der Waals surface area contributed by atoms with Gasteiger partial charge in [0.05, 0.1) is 26.8 Å².